The molecule has 0 saturated carbocycles. The van der Waals surface area contributed by atoms with Gasteiger partial charge in [0, 0.05) is 4.90 Å². The van der Waals surface area contributed by atoms with E-state index in [1.807, 2.05) is 5.32 Å². The van der Waals surface area contributed by atoms with E-state index in [1.165, 1.54) is 18.2 Å². The molecule has 2 rings (SSSR count). The molecule has 0 aliphatic carbocycles. The van der Waals surface area contributed by atoms with Crippen LogP contribution in [0.15, 0.2) is 41.3 Å². The summed E-state index contributed by atoms with van der Waals surface area (Å²) in [5.74, 6) is -6.41. The van der Waals surface area contributed by atoms with Gasteiger partial charge in [0.1, 0.15) is 0 Å². The van der Waals surface area contributed by atoms with Crippen LogP contribution in [0.25, 0.3) is 0 Å². The van der Waals surface area contributed by atoms with Gasteiger partial charge in [0.25, 0.3) is 11.7 Å². The number of nitrogens with one attached hydrogen (secondary N) is 2. The molecule has 0 atom stereocenters. The minimum atomic E-state index is -2.63. The van der Waals surface area contributed by atoms with E-state index in [-0.39, 0.29) is 27.4 Å². The molecular formula is C15H9ClF4N2O2S. The van der Waals surface area contributed by atoms with E-state index in [0.29, 0.717) is 0 Å². The van der Waals surface area contributed by atoms with Crippen molar-refractivity contribution in [3.8, 4) is 0 Å². The lowest BCUT2D eigenvalue weighted by Crippen LogP contribution is -2.35. The maximum absolute atomic E-state index is 13.5. The molecule has 25 heavy (non-hydrogen) atoms. The number of alkyl halides is 2. The molecule has 2 aromatic carbocycles. The number of anilines is 1. The molecule has 0 radical (unpaired) electrons. The predicted octanol–water partition coefficient (Wildman–Crippen LogP) is 4.89. The van der Waals surface area contributed by atoms with E-state index in [4.69, 9.17) is 11.6 Å². The van der Waals surface area contributed by atoms with Crippen LogP contribution in [-0.4, -0.2) is 17.7 Å². The van der Waals surface area contributed by atoms with E-state index >= 15 is 0 Å². The maximum atomic E-state index is 13.5. The number of thioether (sulfide) groups is 1. The molecule has 0 saturated heterocycles. The van der Waals surface area contributed by atoms with Crippen LogP contribution in [0, 0.1) is 11.6 Å². The molecular weight excluding hydrogens is 384 g/mol. The van der Waals surface area contributed by atoms with Crippen LogP contribution < -0.4 is 10.6 Å². The molecule has 2 aromatic rings. The van der Waals surface area contributed by atoms with Crippen LogP contribution in [0.2, 0.25) is 5.02 Å². The van der Waals surface area contributed by atoms with Crippen LogP contribution in [0.5, 0.6) is 0 Å². The number of benzene rings is 2. The molecule has 0 aliphatic heterocycles. The number of imide groups is 1. The van der Waals surface area contributed by atoms with Gasteiger partial charge in [-0.05, 0) is 30.3 Å². The van der Waals surface area contributed by atoms with Crippen molar-refractivity contribution in [2.45, 2.75) is 10.7 Å². The molecule has 10 heteroatoms. The highest BCUT2D eigenvalue weighted by Gasteiger charge is 2.18. The Labute approximate surface area is 148 Å². The summed E-state index contributed by atoms with van der Waals surface area (Å²) in [4.78, 5) is 23.7. The highest BCUT2D eigenvalue weighted by Crippen LogP contribution is 2.31. The van der Waals surface area contributed by atoms with Gasteiger partial charge in [0.05, 0.1) is 16.3 Å². The van der Waals surface area contributed by atoms with Gasteiger partial charge < -0.3 is 5.32 Å². The van der Waals surface area contributed by atoms with Crippen LogP contribution >= 0.6 is 23.4 Å². The van der Waals surface area contributed by atoms with Gasteiger partial charge in [-0.15, -0.1) is 0 Å². The van der Waals surface area contributed by atoms with Gasteiger partial charge in [-0.1, -0.05) is 29.4 Å². The molecule has 0 spiro atoms. The van der Waals surface area contributed by atoms with Crippen molar-refractivity contribution in [3.63, 3.8) is 0 Å². The third-order valence-electron chi connectivity index (χ3n) is 2.84. The summed E-state index contributed by atoms with van der Waals surface area (Å²) >= 11 is 6.13. The topological polar surface area (TPSA) is 58.2 Å². The number of rotatable bonds is 4. The highest BCUT2D eigenvalue weighted by molar-refractivity contribution is 7.99. The Morgan fingerprint density at radius 2 is 1.84 bits per heavy atom. The Bertz CT molecular complexity index is 820. The van der Waals surface area contributed by atoms with Crippen molar-refractivity contribution in [1.82, 2.24) is 5.32 Å². The first-order valence-corrected chi connectivity index (χ1v) is 7.84. The number of urea groups is 1. The predicted molar refractivity (Wildman–Crippen MR) is 86.2 cm³/mol. The lowest BCUT2D eigenvalue weighted by molar-refractivity contribution is 0.0962. The zero-order valence-electron chi connectivity index (χ0n) is 12.2. The third kappa shape index (κ3) is 5.10. The molecule has 0 unspecified atom stereocenters. The van der Waals surface area contributed by atoms with Crippen molar-refractivity contribution in [3.05, 3.63) is 58.6 Å². The quantitative estimate of drug-likeness (QED) is 0.575. The fourth-order valence-electron chi connectivity index (χ4n) is 1.78. The van der Waals surface area contributed by atoms with E-state index in [2.05, 4.69) is 5.32 Å². The van der Waals surface area contributed by atoms with Crippen LogP contribution in [-0.2, 0) is 0 Å². The van der Waals surface area contributed by atoms with Crippen molar-refractivity contribution in [2.75, 3.05) is 5.32 Å². The Balaban J connectivity index is 2.05. The molecule has 0 aliphatic rings. The van der Waals surface area contributed by atoms with Gasteiger partial charge in [-0.25, -0.2) is 13.6 Å². The monoisotopic (exact) mass is 392 g/mol. The van der Waals surface area contributed by atoms with E-state index in [9.17, 15) is 27.2 Å². The largest absolute Gasteiger partial charge is 0.326 e. The van der Waals surface area contributed by atoms with Crippen LogP contribution in [0.3, 0.4) is 0 Å². The average molecular weight is 393 g/mol. The zero-order valence-corrected chi connectivity index (χ0v) is 13.7. The smallest absolute Gasteiger partial charge is 0.306 e. The maximum Gasteiger partial charge on any atom is 0.326 e. The fraction of sp³-hybridized carbons (Fsp3) is 0.0667. The molecule has 132 valence electrons. The standard InChI is InChI=1S/C15H9ClF4N2O2S/c16-9-6-7(25-14(19)20)4-5-11(9)21-15(24)22-13(23)8-2-1-3-10(17)12(8)18/h1-6,14H,(H2,21,22,23,24). The minimum Gasteiger partial charge on any atom is -0.306 e. The number of halogens is 5. The van der Waals surface area contributed by atoms with E-state index in [0.717, 1.165) is 18.2 Å². The van der Waals surface area contributed by atoms with Crippen molar-refractivity contribution >= 4 is 41.0 Å². The van der Waals surface area contributed by atoms with Crippen molar-refractivity contribution in [2.24, 2.45) is 0 Å². The lowest BCUT2D eigenvalue weighted by atomic mass is 10.2. The van der Waals surface area contributed by atoms with Gasteiger partial charge in [-0.2, -0.15) is 8.78 Å². The fourth-order valence-corrected chi connectivity index (χ4v) is 2.61. The molecule has 3 amide bonds. The summed E-state index contributed by atoms with van der Waals surface area (Å²) in [6.45, 7) is 0. The van der Waals surface area contributed by atoms with E-state index in [1.54, 1.807) is 0 Å². The Kier molecular flexibility index (Phi) is 6.27. The average Bonchev–Trinajstić information content (AvgIpc) is 2.52. The molecule has 4 nitrogen and oxygen atoms in total. The van der Waals surface area contributed by atoms with Crippen LogP contribution in [0.4, 0.5) is 28.0 Å². The number of carbonyl (C=O) groups excluding carboxylic acids is 2. The van der Waals surface area contributed by atoms with Crippen molar-refractivity contribution < 1.29 is 27.2 Å². The second-order valence-electron chi connectivity index (χ2n) is 4.53. The van der Waals surface area contributed by atoms with Gasteiger partial charge in [0.2, 0.25) is 0 Å². The summed E-state index contributed by atoms with van der Waals surface area (Å²) in [7, 11) is 0. The van der Waals surface area contributed by atoms with Gasteiger partial charge in [-0.3, -0.25) is 10.1 Å². The Hall–Kier alpha value is -2.26. The van der Waals surface area contributed by atoms with Crippen molar-refractivity contribution in [1.29, 1.82) is 0 Å². The molecule has 0 heterocycles. The highest BCUT2D eigenvalue weighted by atomic mass is 35.5. The summed E-state index contributed by atoms with van der Waals surface area (Å²) in [6.07, 6.45) is 0. The Morgan fingerprint density at radius 1 is 1.12 bits per heavy atom. The zero-order chi connectivity index (χ0) is 18.6. The number of amides is 3. The summed E-state index contributed by atoms with van der Waals surface area (Å²) in [5.41, 5.74) is -0.602. The summed E-state index contributed by atoms with van der Waals surface area (Å²) in [5, 5.41) is 3.98. The number of hydrogen-bond acceptors (Lipinski definition) is 3. The van der Waals surface area contributed by atoms with Crippen LogP contribution in [0.1, 0.15) is 10.4 Å². The molecule has 0 fully saturated rings. The van der Waals surface area contributed by atoms with Gasteiger partial charge >= 0.3 is 6.03 Å². The summed E-state index contributed by atoms with van der Waals surface area (Å²) < 4.78 is 51.1. The number of carbonyl (C=O) groups is 2. The SMILES string of the molecule is O=C(NC(=O)c1cccc(F)c1F)Nc1ccc(SC(F)F)cc1Cl. The number of hydrogen-bond donors (Lipinski definition) is 2. The lowest BCUT2D eigenvalue weighted by Gasteiger charge is -2.10. The Morgan fingerprint density at radius 3 is 2.48 bits per heavy atom. The minimum absolute atomic E-state index is 0.0369. The molecule has 0 aromatic heterocycles. The first-order valence-electron chi connectivity index (χ1n) is 6.58. The first-order chi connectivity index (χ1) is 11.8. The van der Waals surface area contributed by atoms with Gasteiger partial charge in [0.15, 0.2) is 11.6 Å². The van der Waals surface area contributed by atoms with E-state index < -0.39 is 34.9 Å². The normalized spacial score (nSPS) is 10.6. The molecule has 0 bridgehead atoms. The summed E-state index contributed by atoms with van der Waals surface area (Å²) in [6, 6.07) is 5.66. The first kappa shape index (κ1) is 19.1. The second kappa shape index (κ2) is 8.21. The molecule has 2 N–H and O–H groups in total. The second-order valence-corrected chi connectivity index (χ2v) is 6.00. The third-order valence-corrected chi connectivity index (χ3v) is 3.85.